The summed E-state index contributed by atoms with van der Waals surface area (Å²) in [5, 5.41) is 5.16. The number of nitrogens with zero attached hydrogens (tertiary/aromatic N) is 1. The SMILES string of the molecule is CN(C)c1c(Cl)cc(-c2c(F)c(F)c(F)c(F)c2-c2ccc(S(N)(=O)=O)cc2)cc1Cl. The predicted octanol–water partition coefficient (Wildman–Crippen LogP) is 5.60. The van der Waals surface area contributed by atoms with Gasteiger partial charge in [0.25, 0.3) is 0 Å². The molecule has 0 radical (unpaired) electrons. The second-order valence-electron chi connectivity index (χ2n) is 6.76. The minimum atomic E-state index is -4.06. The van der Waals surface area contributed by atoms with Gasteiger partial charge >= 0.3 is 0 Å². The van der Waals surface area contributed by atoms with E-state index in [1.165, 1.54) is 12.1 Å². The summed E-state index contributed by atoms with van der Waals surface area (Å²) >= 11 is 12.4. The molecule has 0 aliphatic carbocycles. The van der Waals surface area contributed by atoms with Crippen LogP contribution in [0, 0.1) is 23.3 Å². The summed E-state index contributed by atoms with van der Waals surface area (Å²) in [5.41, 5.74) is -1.12. The quantitative estimate of drug-likeness (QED) is 0.293. The molecule has 0 saturated carbocycles. The van der Waals surface area contributed by atoms with Gasteiger partial charge in [-0.15, -0.1) is 0 Å². The third-order valence-corrected chi connectivity index (χ3v) is 6.00. The van der Waals surface area contributed by atoms with Crippen molar-refractivity contribution < 1.29 is 26.0 Å². The molecule has 0 spiro atoms. The zero-order valence-electron chi connectivity index (χ0n) is 16.0. The Balaban J connectivity index is 2.37. The molecule has 2 N–H and O–H groups in total. The zero-order valence-corrected chi connectivity index (χ0v) is 18.3. The molecule has 0 saturated heterocycles. The molecule has 3 aromatic rings. The van der Waals surface area contributed by atoms with Crippen LogP contribution in [0.1, 0.15) is 0 Å². The number of anilines is 1. The molecule has 31 heavy (non-hydrogen) atoms. The number of nitrogens with two attached hydrogens (primary N) is 1. The maximum absolute atomic E-state index is 14.9. The first-order valence-corrected chi connectivity index (χ1v) is 10.8. The van der Waals surface area contributed by atoms with Crippen molar-refractivity contribution in [2.45, 2.75) is 4.90 Å². The lowest BCUT2D eigenvalue weighted by atomic mass is 9.92. The van der Waals surface area contributed by atoms with Gasteiger partial charge in [-0.2, -0.15) is 0 Å². The van der Waals surface area contributed by atoms with Crippen molar-refractivity contribution in [3.8, 4) is 22.3 Å². The van der Waals surface area contributed by atoms with E-state index in [9.17, 15) is 26.0 Å². The van der Waals surface area contributed by atoms with Gasteiger partial charge in [-0.1, -0.05) is 35.3 Å². The van der Waals surface area contributed by atoms with Crippen molar-refractivity contribution in [3.05, 3.63) is 69.7 Å². The largest absolute Gasteiger partial charge is 0.375 e. The number of primary sulfonamides is 1. The Morgan fingerprint density at radius 1 is 0.774 bits per heavy atom. The monoisotopic (exact) mass is 492 g/mol. The molecular weight excluding hydrogens is 479 g/mol. The Morgan fingerprint density at radius 3 is 1.58 bits per heavy atom. The van der Waals surface area contributed by atoms with Gasteiger partial charge in [0.05, 0.1) is 20.6 Å². The number of halogens is 6. The molecule has 0 bridgehead atoms. The van der Waals surface area contributed by atoms with Crippen LogP contribution in [0.5, 0.6) is 0 Å². The van der Waals surface area contributed by atoms with E-state index in [4.69, 9.17) is 28.3 Å². The molecular formula is C20H14Cl2F4N2O2S. The Labute approximate surface area is 185 Å². The molecule has 0 amide bonds. The maximum atomic E-state index is 14.9. The van der Waals surface area contributed by atoms with Crippen LogP contribution in [-0.2, 0) is 10.0 Å². The molecule has 0 atom stereocenters. The lowest BCUT2D eigenvalue weighted by molar-refractivity contribution is 0.412. The molecule has 11 heteroatoms. The van der Waals surface area contributed by atoms with Crippen LogP contribution in [0.4, 0.5) is 23.2 Å². The highest BCUT2D eigenvalue weighted by Crippen LogP contribution is 2.43. The Bertz CT molecular complexity index is 1270. The summed E-state index contributed by atoms with van der Waals surface area (Å²) in [5.74, 6) is -7.36. The second kappa shape index (κ2) is 8.31. The molecule has 0 aliphatic rings. The molecule has 4 nitrogen and oxygen atoms in total. The van der Waals surface area contributed by atoms with E-state index in [0.717, 1.165) is 24.3 Å². The van der Waals surface area contributed by atoms with Gasteiger partial charge < -0.3 is 4.90 Å². The van der Waals surface area contributed by atoms with E-state index < -0.39 is 44.4 Å². The Morgan fingerprint density at radius 2 is 1.19 bits per heavy atom. The van der Waals surface area contributed by atoms with Crippen molar-refractivity contribution in [2.75, 3.05) is 19.0 Å². The van der Waals surface area contributed by atoms with Crippen LogP contribution >= 0.6 is 23.2 Å². The number of sulfonamides is 1. The molecule has 0 aliphatic heterocycles. The zero-order chi connectivity index (χ0) is 23.2. The number of benzene rings is 3. The first-order valence-electron chi connectivity index (χ1n) is 8.50. The van der Waals surface area contributed by atoms with Gasteiger partial charge in [0.2, 0.25) is 10.0 Å². The highest BCUT2D eigenvalue weighted by molar-refractivity contribution is 7.89. The van der Waals surface area contributed by atoms with Gasteiger partial charge in [-0.05, 0) is 35.4 Å². The fourth-order valence-electron chi connectivity index (χ4n) is 3.12. The molecule has 3 rings (SSSR count). The molecule has 3 aromatic carbocycles. The van der Waals surface area contributed by atoms with Gasteiger partial charge in [0, 0.05) is 25.2 Å². The normalized spacial score (nSPS) is 11.6. The van der Waals surface area contributed by atoms with Crippen molar-refractivity contribution >= 4 is 38.9 Å². The van der Waals surface area contributed by atoms with E-state index in [2.05, 4.69) is 0 Å². The summed E-state index contributed by atoms with van der Waals surface area (Å²) < 4.78 is 80.8. The van der Waals surface area contributed by atoms with E-state index in [1.807, 2.05) is 0 Å². The van der Waals surface area contributed by atoms with Gasteiger partial charge in [-0.25, -0.2) is 31.1 Å². The molecule has 0 fully saturated rings. The smallest absolute Gasteiger partial charge is 0.238 e. The molecule has 164 valence electrons. The maximum Gasteiger partial charge on any atom is 0.238 e. The molecule has 0 aromatic heterocycles. The summed E-state index contributed by atoms with van der Waals surface area (Å²) in [6, 6.07) is 6.72. The van der Waals surface area contributed by atoms with E-state index >= 15 is 0 Å². The minimum absolute atomic E-state index is 0.0626. The minimum Gasteiger partial charge on any atom is -0.375 e. The van der Waals surface area contributed by atoms with Crippen molar-refractivity contribution in [1.29, 1.82) is 0 Å². The lowest BCUT2D eigenvalue weighted by Gasteiger charge is -2.19. The van der Waals surface area contributed by atoms with Crippen LogP contribution < -0.4 is 10.0 Å². The van der Waals surface area contributed by atoms with Crippen LogP contribution in [0.3, 0.4) is 0 Å². The number of hydrogen-bond acceptors (Lipinski definition) is 3. The summed E-state index contributed by atoms with van der Waals surface area (Å²) in [4.78, 5) is 1.28. The number of hydrogen-bond donors (Lipinski definition) is 1. The van der Waals surface area contributed by atoms with Gasteiger partial charge in [0.1, 0.15) is 0 Å². The lowest BCUT2D eigenvalue weighted by Crippen LogP contribution is -2.12. The Kier molecular flexibility index (Phi) is 6.25. The Hall–Kier alpha value is -2.33. The summed E-state index contributed by atoms with van der Waals surface area (Å²) in [6.45, 7) is 0. The predicted molar refractivity (Wildman–Crippen MR) is 113 cm³/mol. The highest BCUT2D eigenvalue weighted by Gasteiger charge is 2.28. The first kappa shape index (κ1) is 23.3. The van der Waals surface area contributed by atoms with Gasteiger partial charge in [0.15, 0.2) is 23.3 Å². The van der Waals surface area contributed by atoms with Crippen molar-refractivity contribution in [3.63, 3.8) is 0 Å². The summed E-state index contributed by atoms with van der Waals surface area (Å²) in [6.07, 6.45) is 0. The first-order chi connectivity index (χ1) is 14.3. The van der Waals surface area contributed by atoms with Crippen LogP contribution in [0.2, 0.25) is 10.0 Å². The van der Waals surface area contributed by atoms with Crippen molar-refractivity contribution in [2.24, 2.45) is 5.14 Å². The standard InChI is InChI=1S/C20H14Cl2F4N2O2S/c1-28(2)20-12(21)7-10(8-13(20)22)15-14(16(23)18(25)19(26)17(15)24)9-3-5-11(6-4-9)31(27,29)30/h3-8H,1-2H3,(H2,27,29,30). The fraction of sp³-hybridized carbons (Fsp3) is 0.100. The topological polar surface area (TPSA) is 63.4 Å². The van der Waals surface area contributed by atoms with Crippen LogP contribution in [0.25, 0.3) is 22.3 Å². The average Bonchev–Trinajstić information content (AvgIpc) is 2.67. The van der Waals surface area contributed by atoms with Crippen LogP contribution in [-0.4, -0.2) is 22.5 Å². The molecule has 0 unspecified atom stereocenters. The van der Waals surface area contributed by atoms with E-state index in [1.54, 1.807) is 19.0 Å². The highest BCUT2D eigenvalue weighted by atomic mass is 35.5. The molecule has 0 heterocycles. The van der Waals surface area contributed by atoms with Gasteiger partial charge in [-0.3, -0.25) is 0 Å². The van der Waals surface area contributed by atoms with E-state index in [-0.39, 0.29) is 26.1 Å². The fourth-order valence-corrected chi connectivity index (χ4v) is 4.46. The average molecular weight is 493 g/mol. The summed E-state index contributed by atoms with van der Waals surface area (Å²) in [7, 11) is -0.751. The second-order valence-corrected chi connectivity index (χ2v) is 9.13. The van der Waals surface area contributed by atoms with E-state index in [0.29, 0.717) is 5.69 Å². The van der Waals surface area contributed by atoms with Crippen molar-refractivity contribution in [1.82, 2.24) is 0 Å². The number of rotatable bonds is 4. The third-order valence-electron chi connectivity index (χ3n) is 4.49. The van der Waals surface area contributed by atoms with Crippen LogP contribution in [0.15, 0.2) is 41.3 Å². The third kappa shape index (κ3) is 4.23.